The number of ether oxygens (including phenoxy) is 1. The van der Waals surface area contributed by atoms with Crippen molar-refractivity contribution < 1.29 is 13.9 Å². The second-order valence-corrected chi connectivity index (χ2v) is 6.63. The molecule has 1 aromatic heterocycles. The first kappa shape index (κ1) is 13.3. The van der Waals surface area contributed by atoms with Crippen LogP contribution in [0.2, 0.25) is 0 Å². The maximum absolute atomic E-state index is 12.4. The van der Waals surface area contributed by atoms with E-state index in [0.717, 1.165) is 26.1 Å². The van der Waals surface area contributed by atoms with E-state index >= 15 is 0 Å². The summed E-state index contributed by atoms with van der Waals surface area (Å²) in [6.07, 6.45) is 8.39. The molecule has 2 aliphatic carbocycles. The summed E-state index contributed by atoms with van der Waals surface area (Å²) >= 11 is 0. The van der Waals surface area contributed by atoms with Gasteiger partial charge in [0.05, 0.1) is 0 Å². The van der Waals surface area contributed by atoms with E-state index in [-0.39, 0.29) is 5.91 Å². The number of hydrogen-bond donors (Lipinski definition) is 1. The van der Waals surface area contributed by atoms with Crippen LogP contribution in [0.4, 0.5) is 0 Å². The van der Waals surface area contributed by atoms with Crippen molar-refractivity contribution in [2.75, 3.05) is 13.2 Å². The van der Waals surface area contributed by atoms with E-state index in [1.807, 2.05) is 0 Å². The third-order valence-electron chi connectivity index (χ3n) is 4.88. The Morgan fingerprint density at radius 1 is 1.14 bits per heavy atom. The molecule has 114 valence electrons. The lowest BCUT2D eigenvalue weighted by molar-refractivity contribution is 0.0794. The van der Waals surface area contributed by atoms with Crippen molar-refractivity contribution in [2.24, 2.45) is 11.8 Å². The molecule has 0 spiro atoms. The van der Waals surface area contributed by atoms with Crippen LogP contribution in [0.5, 0.6) is 0 Å². The fourth-order valence-corrected chi connectivity index (χ4v) is 3.28. The largest absolute Gasteiger partial charge is 0.448 e. The van der Waals surface area contributed by atoms with Crippen LogP contribution in [-0.4, -0.2) is 30.1 Å². The zero-order chi connectivity index (χ0) is 14.2. The monoisotopic (exact) mass is 290 g/mol. The Balaban J connectivity index is 1.40. The van der Waals surface area contributed by atoms with Gasteiger partial charge in [0.15, 0.2) is 11.6 Å². The molecule has 0 unspecified atom stereocenters. The number of amides is 1. The Labute approximate surface area is 124 Å². The minimum absolute atomic E-state index is 0.0686. The molecule has 21 heavy (non-hydrogen) atoms. The Kier molecular flexibility index (Phi) is 3.45. The van der Waals surface area contributed by atoms with Crippen LogP contribution in [0.1, 0.15) is 60.8 Å². The molecule has 0 atom stereocenters. The summed E-state index contributed by atoms with van der Waals surface area (Å²) in [5.41, 5.74) is 0.433. The van der Waals surface area contributed by atoms with Crippen LogP contribution in [-0.2, 0) is 4.74 Å². The van der Waals surface area contributed by atoms with Crippen molar-refractivity contribution in [3.8, 4) is 0 Å². The van der Waals surface area contributed by atoms with Gasteiger partial charge in [-0.3, -0.25) is 4.79 Å². The zero-order valence-electron chi connectivity index (χ0n) is 12.2. The first-order chi connectivity index (χ1) is 10.3. The number of nitrogens with zero attached hydrogens (tertiary/aromatic N) is 1. The van der Waals surface area contributed by atoms with Crippen molar-refractivity contribution in [3.05, 3.63) is 17.8 Å². The van der Waals surface area contributed by atoms with Crippen molar-refractivity contribution in [3.63, 3.8) is 0 Å². The van der Waals surface area contributed by atoms with Gasteiger partial charge in [-0.1, -0.05) is 0 Å². The first-order valence-electron chi connectivity index (χ1n) is 8.15. The second-order valence-electron chi connectivity index (χ2n) is 6.63. The van der Waals surface area contributed by atoms with Gasteiger partial charge in [-0.2, -0.15) is 0 Å². The van der Waals surface area contributed by atoms with Crippen LogP contribution in [0.25, 0.3) is 0 Å². The van der Waals surface area contributed by atoms with Crippen molar-refractivity contribution >= 4 is 5.91 Å². The Hall–Kier alpha value is -1.36. The minimum atomic E-state index is -0.0686. The highest BCUT2D eigenvalue weighted by Crippen LogP contribution is 2.44. The normalized spacial score (nSPS) is 23.5. The second kappa shape index (κ2) is 5.44. The van der Waals surface area contributed by atoms with Crippen LogP contribution in [0, 0.1) is 11.8 Å². The van der Waals surface area contributed by atoms with E-state index in [0.29, 0.717) is 35.4 Å². The molecular formula is C16H22N2O3. The molecular weight excluding hydrogens is 268 g/mol. The van der Waals surface area contributed by atoms with E-state index in [4.69, 9.17) is 9.15 Å². The van der Waals surface area contributed by atoms with E-state index < -0.39 is 0 Å². The highest BCUT2D eigenvalue weighted by molar-refractivity contribution is 5.92. The molecule has 1 amide bonds. The topological polar surface area (TPSA) is 64.4 Å². The summed E-state index contributed by atoms with van der Waals surface area (Å²) in [4.78, 5) is 16.8. The highest BCUT2D eigenvalue weighted by atomic mass is 16.5. The Morgan fingerprint density at radius 3 is 2.43 bits per heavy atom. The minimum Gasteiger partial charge on any atom is -0.448 e. The highest BCUT2D eigenvalue weighted by Gasteiger charge is 2.42. The van der Waals surface area contributed by atoms with Gasteiger partial charge in [-0.05, 0) is 50.4 Å². The molecule has 4 rings (SSSR count). The van der Waals surface area contributed by atoms with Crippen molar-refractivity contribution in [2.45, 2.75) is 50.5 Å². The molecule has 1 saturated heterocycles. The number of carbonyl (C=O) groups excluding carboxylic acids is 1. The maximum Gasteiger partial charge on any atom is 0.273 e. The summed E-state index contributed by atoms with van der Waals surface area (Å²) in [5.74, 6) is 2.31. The number of hydrogen-bond acceptors (Lipinski definition) is 4. The molecule has 1 N–H and O–H groups in total. The van der Waals surface area contributed by atoms with Gasteiger partial charge < -0.3 is 14.5 Å². The van der Waals surface area contributed by atoms with E-state index in [1.165, 1.54) is 31.9 Å². The number of nitrogens with one attached hydrogen (secondary N) is 1. The smallest absolute Gasteiger partial charge is 0.273 e. The number of oxazole rings is 1. The van der Waals surface area contributed by atoms with Crippen LogP contribution < -0.4 is 5.32 Å². The maximum atomic E-state index is 12.4. The quantitative estimate of drug-likeness (QED) is 0.905. The van der Waals surface area contributed by atoms with Gasteiger partial charge in [0.1, 0.15) is 6.26 Å². The number of aromatic nitrogens is 1. The standard InChI is InChI=1S/C16H22N2O3/c19-15(18-14(10-1-2-10)11-3-4-11)13-9-21-16(17-13)12-5-7-20-8-6-12/h9-12,14H,1-8H2,(H,18,19). The summed E-state index contributed by atoms with van der Waals surface area (Å²) in [6, 6.07) is 0.362. The van der Waals surface area contributed by atoms with Crippen molar-refractivity contribution in [1.29, 1.82) is 0 Å². The van der Waals surface area contributed by atoms with Gasteiger partial charge in [-0.25, -0.2) is 4.98 Å². The molecule has 2 heterocycles. The molecule has 0 radical (unpaired) electrons. The summed E-state index contributed by atoms with van der Waals surface area (Å²) < 4.78 is 10.9. The van der Waals surface area contributed by atoms with E-state index in [9.17, 15) is 4.79 Å². The number of carbonyl (C=O) groups is 1. The van der Waals surface area contributed by atoms with Crippen molar-refractivity contribution in [1.82, 2.24) is 10.3 Å². The molecule has 5 nitrogen and oxygen atoms in total. The predicted octanol–water partition coefficient (Wildman–Crippen LogP) is 2.49. The predicted molar refractivity (Wildman–Crippen MR) is 76.0 cm³/mol. The average molecular weight is 290 g/mol. The van der Waals surface area contributed by atoms with Crippen LogP contribution >= 0.6 is 0 Å². The first-order valence-corrected chi connectivity index (χ1v) is 8.15. The lowest BCUT2D eigenvalue weighted by Gasteiger charge is -2.18. The van der Waals surface area contributed by atoms with Gasteiger partial charge in [0, 0.05) is 25.2 Å². The average Bonchev–Trinajstić information content (AvgIpc) is 3.44. The van der Waals surface area contributed by atoms with Crippen LogP contribution in [0.3, 0.4) is 0 Å². The van der Waals surface area contributed by atoms with Crippen LogP contribution in [0.15, 0.2) is 10.7 Å². The number of rotatable bonds is 5. The summed E-state index contributed by atoms with van der Waals surface area (Å²) in [5, 5.41) is 3.19. The zero-order valence-corrected chi connectivity index (χ0v) is 12.2. The fourth-order valence-electron chi connectivity index (χ4n) is 3.28. The molecule has 2 saturated carbocycles. The van der Waals surface area contributed by atoms with E-state index in [2.05, 4.69) is 10.3 Å². The van der Waals surface area contributed by atoms with Gasteiger partial charge in [0.2, 0.25) is 0 Å². The molecule has 3 fully saturated rings. The Morgan fingerprint density at radius 2 is 1.81 bits per heavy atom. The van der Waals surface area contributed by atoms with Gasteiger partial charge in [-0.15, -0.1) is 0 Å². The molecule has 0 bridgehead atoms. The molecule has 1 aliphatic heterocycles. The third kappa shape index (κ3) is 2.98. The molecule has 3 aliphatic rings. The molecule has 5 heteroatoms. The van der Waals surface area contributed by atoms with E-state index in [1.54, 1.807) is 0 Å². The summed E-state index contributed by atoms with van der Waals surface area (Å²) in [6.45, 7) is 1.50. The fraction of sp³-hybridized carbons (Fsp3) is 0.750. The third-order valence-corrected chi connectivity index (χ3v) is 4.88. The Bertz CT molecular complexity index is 501. The molecule has 0 aromatic carbocycles. The SMILES string of the molecule is O=C(NC(C1CC1)C1CC1)c1coc(C2CCOCC2)n1. The van der Waals surface area contributed by atoms with Gasteiger partial charge >= 0.3 is 0 Å². The molecule has 1 aromatic rings. The van der Waals surface area contributed by atoms with Gasteiger partial charge in [0.25, 0.3) is 5.91 Å². The lowest BCUT2D eigenvalue weighted by atomic mass is 10.0. The summed E-state index contributed by atoms with van der Waals surface area (Å²) in [7, 11) is 0. The lowest BCUT2D eigenvalue weighted by Crippen LogP contribution is -2.38.